The molecule has 5 rings (SSSR count). The standard InChI is InChI=1S/C26H31FN8O2.CH2O2/c1-18-15-29-26(31-20-5-7-23(28-16-20)34-12-10-33(2)11-13-34)32-25(18)30-19-4-6-22-21(14-19)35(9-3-8-27)24(36)17-37-22;2-1-3/h4-7,14-16H,3,8-13,17H2,1-2H3,(H2,29,30,31,32);1H,(H,2,3). The van der Waals surface area contributed by atoms with Crippen LogP contribution in [0.25, 0.3) is 0 Å². The lowest BCUT2D eigenvalue weighted by Crippen LogP contribution is -2.44. The molecule has 2 aliphatic heterocycles. The monoisotopic (exact) mass is 552 g/mol. The minimum Gasteiger partial charge on any atom is -0.483 e. The molecule has 2 aliphatic rings. The number of aromatic nitrogens is 3. The van der Waals surface area contributed by atoms with Gasteiger partial charge in [-0.3, -0.25) is 14.0 Å². The average molecular weight is 553 g/mol. The Hall–Kier alpha value is -4.52. The van der Waals surface area contributed by atoms with Crippen LogP contribution in [0, 0.1) is 6.92 Å². The zero-order chi connectivity index (χ0) is 28.5. The summed E-state index contributed by atoms with van der Waals surface area (Å²) in [5.74, 6) is 2.43. The highest BCUT2D eigenvalue weighted by Crippen LogP contribution is 2.35. The molecule has 0 unspecified atom stereocenters. The van der Waals surface area contributed by atoms with Crippen molar-refractivity contribution in [2.45, 2.75) is 13.3 Å². The number of hydrogen-bond donors (Lipinski definition) is 3. The molecule has 0 radical (unpaired) electrons. The predicted octanol–water partition coefficient (Wildman–Crippen LogP) is 3.20. The van der Waals surface area contributed by atoms with Crippen molar-refractivity contribution in [3.63, 3.8) is 0 Å². The highest BCUT2D eigenvalue weighted by Gasteiger charge is 2.25. The third kappa shape index (κ3) is 7.11. The first-order valence-electron chi connectivity index (χ1n) is 12.9. The van der Waals surface area contributed by atoms with Crippen LogP contribution in [0.3, 0.4) is 0 Å². The number of nitrogens with one attached hydrogen (secondary N) is 2. The third-order valence-corrected chi connectivity index (χ3v) is 6.48. The molecule has 0 saturated carbocycles. The summed E-state index contributed by atoms with van der Waals surface area (Å²) in [4.78, 5) is 40.5. The number of amides is 1. The summed E-state index contributed by atoms with van der Waals surface area (Å²) in [5.41, 5.74) is 2.99. The van der Waals surface area contributed by atoms with E-state index < -0.39 is 6.67 Å². The van der Waals surface area contributed by atoms with E-state index in [4.69, 9.17) is 14.6 Å². The Labute approximate surface area is 231 Å². The predicted molar refractivity (Wildman–Crippen MR) is 151 cm³/mol. The molecule has 1 aromatic carbocycles. The fraction of sp³-hybridized carbons (Fsp3) is 0.370. The van der Waals surface area contributed by atoms with Gasteiger partial charge in [-0.25, -0.2) is 9.97 Å². The van der Waals surface area contributed by atoms with Crippen molar-refractivity contribution >= 4 is 47.0 Å². The first-order chi connectivity index (χ1) is 19.4. The van der Waals surface area contributed by atoms with Gasteiger partial charge < -0.3 is 35.2 Å². The van der Waals surface area contributed by atoms with E-state index in [1.165, 1.54) is 0 Å². The van der Waals surface area contributed by atoms with E-state index in [0.717, 1.165) is 48.9 Å². The van der Waals surface area contributed by atoms with Gasteiger partial charge in [-0.05, 0) is 50.7 Å². The van der Waals surface area contributed by atoms with Crippen LogP contribution in [0.4, 0.5) is 39.0 Å². The highest BCUT2D eigenvalue weighted by molar-refractivity contribution is 5.98. The van der Waals surface area contributed by atoms with Gasteiger partial charge in [0.25, 0.3) is 12.4 Å². The molecule has 3 aromatic rings. The minimum atomic E-state index is -0.484. The first-order valence-corrected chi connectivity index (χ1v) is 12.9. The Morgan fingerprint density at radius 2 is 1.82 bits per heavy atom. The fourth-order valence-electron chi connectivity index (χ4n) is 4.32. The highest BCUT2D eigenvalue weighted by atomic mass is 19.1. The molecule has 40 heavy (non-hydrogen) atoms. The van der Waals surface area contributed by atoms with E-state index in [-0.39, 0.29) is 25.4 Å². The number of piperazine rings is 1. The maximum Gasteiger partial charge on any atom is 0.290 e. The van der Waals surface area contributed by atoms with Crippen LogP contribution in [0.5, 0.6) is 5.75 Å². The molecular formula is C27H33FN8O4. The number of fused-ring (bicyclic) bond motifs is 1. The molecule has 1 fully saturated rings. The Morgan fingerprint density at radius 3 is 2.52 bits per heavy atom. The van der Waals surface area contributed by atoms with Gasteiger partial charge in [-0.1, -0.05) is 0 Å². The Kier molecular flexibility index (Phi) is 9.62. The van der Waals surface area contributed by atoms with Gasteiger partial charge in [0.2, 0.25) is 5.95 Å². The molecule has 0 aliphatic carbocycles. The lowest BCUT2D eigenvalue weighted by Gasteiger charge is -2.33. The fourth-order valence-corrected chi connectivity index (χ4v) is 4.32. The second-order valence-corrected chi connectivity index (χ2v) is 9.34. The van der Waals surface area contributed by atoms with Crippen molar-refractivity contribution < 1.29 is 23.8 Å². The number of ether oxygens (including phenoxy) is 1. The van der Waals surface area contributed by atoms with Gasteiger partial charge in [0.1, 0.15) is 17.4 Å². The maximum atomic E-state index is 12.8. The first kappa shape index (κ1) is 28.5. The Bertz CT molecular complexity index is 1300. The SMILES string of the molecule is Cc1cnc(Nc2ccc(N3CCN(C)CC3)nc2)nc1Nc1ccc2c(c1)N(CCCF)C(=O)CO2.O=CO. The van der Waals surface area contributed by atoms with Crippen LogP contribution < -0.4 is 25.2 Å². The molecule has 4 heterocycles. The second kappa shape index (κ2) is 13.5. The van der Waals surface area contributed by atoms with E-state index in [1.54, 1.807) is 23.4 Å². The van der Waals surface area contributed by atoms with E-state index in [9.17, 15) is 9.18 Å². The van der Waals surface area contributed by atoms with Crippen LogP contribution in [-0.2, 0) is 9.59 Å². The molecule has 2 aromatic heterocycles. The quantitative estimate of drug-likeness (QED) is 0.356. The summed E-state index contributed by atoms with van der Waals surface area (Å²) in [5, 5.41) is 13.4. The topological polar surface area (TPSA) is 136 Å². The number of alkyl halides is 1. The number of rotatable bonds is 8. The van der Waals surface area contributed by atoms with Crippen molar-refractivity contribution in [3.8, 4) is 5.75 Å². The van der Waals surface area contributed by atoms with Crippen LogP contribution in [0.15, 0.2) is 42.7 Å². The molecule has 0 spiro atoms. The molecule has 1 amide bonds. The number of nitrogens with zero attached hydrogens (tertiary/aromatic N) is 6. The van der Waals surface area contributed by atoms with Gasteiger partial charge in [0, 0.05) is 50.2 Å². The molecular weight excluding hydrogens is 519 g/mol. The van der Waals surface area contributed by atoms with Crippen LogP contribution in [-0.4, -0.2) is 90.4 Å². The summed E-state index contributed by atoms with van der Waals surface area (Å²) in [7, 11) is 2.13. The van der Waals surface area contributed by atoms with Gasteiger partial charge in [-0.2, -0.15) is 4.98 Å². The smallest absolute Gasteiger partial charge is 0.290 e. The number of halogens is 1. The Balaban J connectivity index is 0.00000118. The summed E-state index contributed by atoms with van der Waals surface area (Å²) in [6.07, 6.45) is 3.80. The number of benzene rings is 1. The van der Waals surface area contributed by atoms with E-state index >= 15 is 0 Å². The summed E-state index contributed by atoms with van der Waals surface area (Å²) >= 11 is 0. The number of carboxylic acid groups (broad SMARTS) is 1. The largest absolute Gasteiger partial charge is 0.483 e. The third-order valence-electron chi connectivity index (χ3n) is 6.48. The zero-order valence-corrected chi connectivity index (χ0v) is 22.5. The normalized spacial score (nSPS) is 14.9. The number of anilines is 6. The molecule has 13 heteroatoms. The Morgan fingerprint density at radius 1 is 1.07 bits per heavy atom. The lowest BCUT2D eigenvalue weighted by atomic mass is 10.2. The van der Waals surface area contributed by atoms with Crippen LogP contribution in [0.1, 0.15) is 12.0 Å². The summed E-state index contributed by atoms with van der Waals surface area (Å²) < 4.78 is 18.3. The molecule has 1 saturated heterocycles. The van der Waals surface area contributed by atoms with Crippen molar-refractivity contribution in [1.82, 2.24) is 19.9 Å². The summed E-state index contributed by atoms with van der Waals surface area (Å²) in [6, 6.07) is 9.46. The number of carbonyl (C=O) groups excluding carboxylic acids is 1. The van der Waals surface area contributed by atoms with Crippen molar-refractivity contribution in [2.75, 3.05) is 73.5 Å². The zero-order valence-electron chi connectivity index (χ0n) is 22.5. The van der Waals surface area contributed by atoms with Gasteiger partial charge in [-0.15, -0.1) is 0 Å². The van der Waals surface area contributed by atoms with E-state index in [2.05, 4.69) is 42.4 Å². The van der Waals surface area contributed by atoms with Crippen LogP contribution in [0.2, 0.25) is 0 Å². The van der Waals surface area contributed by atoms with Crippen molar-refractivity contribution in [2.24, 2.45) is 0 Å². The van der Waals surface area contributed by atoms with E-state index in [1.807, 2.05) is 31.2 Å². The molecule has 12 nitrogen and oxygen atoms in total. The number of hydrogen-bond acceptors (Lipinski definition) is 10. The minimum absolute atomic E-state index is 0.0443. The number of pyridine rings is 1. The summed E-state index contributed by atoms with van der Waals surface area (Å²) in [6.45, 7) is 5.41. The number of aryl methyl sites for hydroxylation is 1. The molecule has 212 valence electrons. The van der Waals surface area contributed by atoms with Gasteiger partial charge in [0.05, 0.1) is 24.2 Å². The lowest BCUT2D eigenvalue weighted by molar-refractivity contribution is -0.123. The van der Waals surface area contributed by atoms with Gasteiger partial charge >= 0.3 is 0 Å². The molecule has 0 bridgehead atoms. The number of carbonyl (C=O) groups is 2. The average Bonchev–Trinajstić information content (AvgIpc) is 2.96. The molecule has 3 N–H and O–H groups in total. The van der Waals surface area contributed by atoms with E-state index in [0.29, 0.717) is 29.7 Å². The van der Waals surface area contributed by atoms with Crippen molar-refractivity contribution in [1.29, 1.82) is 0 Å². The van der Waals surface area contributed by atoms with Crippen molar-refractivity contribution in [3.05, 3.63) is 48.3 Å². The number of likely N-dealkylation sites (N-methyl/N-ethyl adjacent to an activating group) is 1. The maximum absolute atomic E-state index is 12.8. The van der Waals surface area contributed by atoms with Crippen LogP contribution >= 0.6 is 0 Å². The second-order valence-electron chi connectivity index (χ2n) is 9.34. The molecule has 0 atom stereocenters. The van der Waals surface area contributed by atoms with Gasteiger partial charge in [0.15, 0.2) is 6.61 Å².